The minimum Gasteiger partial charge on any atom is -0.375 e. The third kappa shape index (κ3) is 4.59. The number of carbonyl (C=O) groups excluding carboxylic acids is 1. The molecule has 0 radical (unpaired) electrons. The summed E-state index contributed by atoms with van der Waals surface area (Å²) in [5, 5.41) is 0. The maximum atomic E-state index is 12.6. The minimum absolute atomic E-state index is 0.0585. The Kier molecular flexibility index (Phi) is 6.34. The van der Waals surface area contributed by atoms with Crippen LogP contribution in [0, 0.1) is 0 Å². The van der Waals surface area contributed by atoms with Crippen molar-refractivity contribution in [3.8, 4) is 0 Å². The summed E-state index contributed by atoms with van der Waals surface area (Å²) in [6.45, 7) is 4.25. The number of rotatable bonds is 6. The van der Waals surface area contributed by atoms with Crippen LogP contribution in [0.25, 0.3) is 0 Å². The second-order valence-electron chi connectivity index (χ2n) is 7.77. The van der Waals surface area contributed by atoms with E-state index in [1.165, 1.54) is 18.4 Å². The smallest absolute Gasteiger partial charge is 0.272 e. The van der Waals surface area contributed by atoms with Crippen LogP contribution in [0.4, 0.5) is 0 Å². The van der Waals surface area contributed by atoms with Gasteiger partial charge in [0.1, 0.15) is 5.69 Å². The van der Waals surface area contributed by atoms with Crippen LogP contribution in [-0.4, -0.2) is 59.0 Å². The maximum absolute atomic E-state index is 12.6. The Morgan fingerprint density at radius 1 is 1.00 bits per heavy atom. The molecule has 2 aliphatic heterocycles. The molecular formula is C23H29N3O2. The molecule has 5 heteroatoms. The Balaban J connectivity index is 1.26. The lowest BCUT2D eigenvalue weighted by Gasteiger charge is -2.39. The highest BCUT2D eigenvalue weighted by molar-refractivity contribution is 5.92. The van der Waals surface area contributed by atoms with E-state index in [9.17, 15) is 4.79 Å². The van der Waals surface area contributed by atoms with Crippen molar-refractivity contribution in [2.75, 3.05) is 26.2 Å². The van der Waals surface area contributed by atoms with Crippen molar-refractivity contribution >= 4 is 5.91 Å². The van der Waals surface area contributed by atoms with Crippen LogP contribution in [-0.2, 0) is 11.3 Å². The number of hydrogen-bond acceptors (Lipinski definition) is 4. The molecule has 28 heavy (non-hydrogen) atoms. The number of nitrogens with zero attached hydrogens (tertiary/aromatic N) is 3. The van der Waals surface area contributed by atoms with Crippen molar-refractivity contribution < 1.29 is 9.53 Å². The molecular weight excluding hydrogens is 350 g/mol. The van der Waals surface area contributed by atoms with E-state index < -0.39 is 0 Å². The quantitative estimate of drug-likeness (QED) is 0.772. The summed E-state index contributed by atoms with van der Waals surface area (Å²) in [6, 6.07) is 16.9. The van der Waals surface area contributed by atoms with Gasteiger partial charge in [0.15, 0.2) is 0 Å². The fourth-order valence-corrected chi connectivity index (χ4v) is 4.46. The predicted molar refractivity (Wildman–Crippen MR) is 109 cm³/mol. The van der Waals surface area contributed by atoms with E-state index in [4.69, 9.17) is 4.74 Å². The highest BCUT2D eigenvalue weighted by atomic mass is 16.5. The summed E-state index contributed by atoms with van der Waals surface area (Å²) in [6.07, 6.45) is 6.21. The normalized spacial score (nSPS) is 21.1. The summed E-state index contributed by atoms with van der Waals surface area (Å²) >= 11 is 0. The van der Waals surface area contributed by atoms with Crippen molar-refractivity contribution in [3.05, 3.63) is 66.0 Å². The van der Waals surface area contributed by atoms with Gasteiger partial charge in [-0.05, 0) is 49.9 Å². The Morgan fingerprint density at radius 3 is 2.54 bits per heavy atom. The zero-order valence-corrected chi connectivity index (χ0v) is 16.4. The van der Waals surface area contributed by atoms with Gasteiger partial charge in [0.05, 0.1) is 13.2 Å². The van der Waals surface area contributed by atoms with Crippen LogP contribution in [0.3, 0.4) is 0 Å². The monoisotopic (exact) mass is 379 g/mol. The summed E-state index contributed by atoms with van der Waals surface area (Å²) in [5.74, 6) is 0.0585. The number of carbonyl (C=O) groups is 1. The van der Waals surface area contributed by atoms with Gasteiger partial charge in [-0.2, -0.15) is 0 Å². The van der Waals surface area contributed by atoms with E-state index in [2.05, 4.69) is 34.1 Å². The molecule has 0 spiro atoms. The molecule has 1 atom stereocenters. The Hall–Kier alpha value is -2.24. The third-order valence-electron chi connectivity index (χ3n) is 5.95. The molecule has 1 aromatic heterocycles. The highest BCUT2D eigenvalue weighted by Crippen LogP contribution is 2.27. The molecule has 0 N–H and O–H groups in total. The second kappa shape index (κ2) is 9.30. The van der Waals surface area contributed by atoms with Crippen molar-refractivity contribution in [2.45, 2.75) is 44.4 Å². The lowest BCUT2D eigenvalue weighted by atomic mass is 10.0. The van der Waals surface area contributed by atoms with Gasteiger partial charge in [-0.15, -0.1) is 0 Å². The van der Waals surface area contributed by atoms with Crippen molar-refractivity contribution in [1.29, 1.82) is 0 Å². The van der Waals surface area contributed by atoms with E-state index in [1.54, 1.807) is 12.3 Å². The first-order chi connectivity index (χ1) is 13.8. The summed E-state index contributed by atoms with van der Waals surface area (Å²) < 4.78 is 6.03. The van der Waals surface area contributed by atoms with Crippen LogP contribution in [0.1, 0.15) is 41.7 Å². The molecule has 2 saturated heterocycles. The first kappa shape index (κ1) is 19.1. The fourth-order valence-electron chi connectivity index (χ4n) is 4.46. The van der Waals surface area contributed by atoms with Gasteiger partial charge in [-0.1, -0.05) is 36.4 Å². The molecule has 1 amide bonds. The fraction of sp³-hybridized carbons (Fsp3) is 0.478. The Bertz CT molecular complexity index is 745. The molecule has 4 rings (SSSR count). The summed E-state index contributed by atoms with van der Waals surface area (Å²) in [7, 11) is 0. The molecule has 2 aliphatic rings. The molecule has 148 valence electrons. The zero-order chi connectivity index (χ0) is 19.2. The van der Waals surface area contributed by atoms with Crippen LogP contribution in [0.15, 0.2) is 54.7 Å². The van der Waals surface area contributed by atoms with Gasteiger partial charge in [-0.3, -0.25) is 14.7 Å². The predicted octanol–water partition coefficient (Wildman–Crippen LogP) is 3.37. The average molecular weight is 380 g/mol. The van der Waals surface area contributed by atoms with Crippen LogP contribution in [0.2, 0.25) is 0 Å². The molecule has 5 nitrogen and oxygen atoms in total. The van der Waals surface area contributed by atoms with Gasteiger partial charge in [0.25, 0.3) is 5.91 Å². The molecule has 0 saturated carbocycles. The summed E-state index contributed by atoms with van der Waals surface area (Å²) in [5.41, 5.74) is 1.78. The number of benzene rings is 1. The van der Waals surface area contributed by atoms with Gasteiger partial charge >= 0.3 is 0 Å². The molecule has 0 bridgehead atoms. The molecule has 2 fully saturated rings. The van der Waals surface area contributed by atoms with E-state index in [0.29, 0.717) is 24.4 Å². The van der Waals surface area contributed by atoms with Gasteiger partial charge in [0.2, 0.25) is 0 Å². The van der Waals surface area contributed by atoms with Gasteiger partial charge < -0.3 is 9.64 Å². The SMILES string of the molecule is O=C(c1ccccn1)N1CCC(N2CCC[C@H]2COCc2ccccc2)CC1. The van der Waals surface area contributed by atoms with Crippen molar-refractivity contribution in [1.82, 2.24) is 14.8 Å². The molecule has 2 aromatic rings. The topological polar surface area (TPSA) is 45.7 Å². The van der Waals surface area contributed by atoms with Crippen LogP contribution >= 0.6 is 0 Å². The Morgan fingerprint density at radius 2 is 1.79 bits per heavy atom. The van der Waals surface area contributed by atoms with E-state index in [1.807, 2.05) is 23.1 Å². The summed E-state index contributed by atoms with van der Waals surface area (Å²) in [4.78, 5) is 21.4. The number of ether oxygens (including phenoxy) is 1. The first-order valence-corrected chi connectivity index (χ1v) is 10.4. The Labute approximate surface area is 167 Å². The van der Waals surface area contributed by atoms with E-state index >= 15 is 0 Å². The first-order valence-electron chi connectivity index (χ1n) is 10.4. The molecule has 3 heterocycles. The molecule has 0 aliphatic carbocycles. The number of likely N-dealkylation sites (tertiary alicyclic amines) is 2. The zero-order valence-electron chi connectivity index (χ0n) is 16.4. The number of amides is 1. The highest BCUT2D eigenvalue weighted by Gasteiger charge is 2.34. The average Bonchev–Trinajstić information content (AvgIpc) is 3.23. The van der Waals surface area contributed by atoms with Crippen molar-refractivity contribution in [2.24, 2.45) is 0 Å². The number of piperidine rings is 1. The largest absolute Gasteiger partial charge is 0.375 e. The molecule has 1 aromatic carbocycles. The van der Waals surface area contributed by atoms with Gasteiger partial charge in [0, 0.05) is 31.4 Å². The maximum Gasteiger partial charge on any atom is 0.272 e. The number of pyridine rings is 1. The van der Waals surface area contributed by atoms with Crippen LogP contribution < -0.4 is 0 Å². The van der Waals surface area contributed by atoms with Crippen LogP contribution in [0.5, 0.6) is 0 Å². The number of hydrogen-bond donors (Lipinski definition) is 0. The molecule has 0 unspecified atom stereocenters. The minimum atomic E-state index is 0.0585. The lowest BCUT2D eigenvalue weighted by Crippen LogP contribution is -2.49. The standard InChI is InChI=1S/C23H29N3O2/c27-23(22-10-4-5-13-24-22)25-15-11-20(12-16-25)26-14-6-9-21(26)18-28-17-19-7-2-1-3-8-19/h1-5,7-8,10,13,20-21H,6,9,11-12,14-18H2/t21-/m0/s1. The van der Waals surface area contributed by atoms with Crippen molar-refractivity contribution in [3.63, 3.8) is 0 Å². The lowest BCUT2D eigenvalue weighted by molar-refractivity contribution is 0.0313. The van der Waals surface area contributed by atoms with E-state index in [-0.39, 0.29) is 5.91 Å². The number of aromatic nitrogens is 1. The third-order valence-corrected chi connectivity index (χ3v) is 5.95. The second-order valence-corrected chi connectivity index (χ2v) is 7.77. The van der Waals surface area contributed by atoms with E-state index in [0.717, 1.165) is 39.1 Å². The van der Waals surface area contributed by atoms with Gasteiger partial charge in [-0.25, -0.2) is 0 Å².